The molecular formula is C20H17FN2O3. The Balaban J connectivity index is 1.83. The van der Waals surface area contributed by atoms with E-state index in [1.807, 2.05) is 4.90 Å². The van der Waals surface area contributed by atoms with Crippen molar-refractivity contribution in [3.63, 3.8) is 0 Å². The molecule has 0 amide bonds. The first-order valence-electron chi connectivity index (χ1n) is 8.49. The van der Waals surface area contributed by atoms with E-state index in [1.165, 1.54) is 24.3 Å². The molecule has 0 bridgehead atoms. The van der Waals surface area contributed by atoms with Gasteiger partial charge in [-0.2, -0.15) is 0 Å². The smallest absolute Gasteiger partial charge is 0.210 e. The molecule has 0 aromatic heterocycles. The molecule has 0 saturated carbocycles. The van der Waals surface area contributed by atoms with Gasteiger partial charge in [0.25, 0.3) is 0 Å². The van der Waals surface area contributed by atoms with Crippen LogP contribution in [0.3, 0.4) is 0 Å². The van der Waals surface area contributed by atoms with Crippen LogP contribution in [0.2, 0.25) is 0 Å². The number of Topliss-reactive ketones (excluding diaryl/α,β-unsaturated/α-hetero) is 2. The van der Waals surface area contributed by atoms with Crippen molar-refractivity contribution in [3.8, 4) is 0 Å². The number of benzene rings is 2. The van der Waals surface area contributed by atoms with E-state index >= 15 is 0 Å². The quantitative estimate of drug-likeness (QED) is 0.834. The van der Waals surface area contributed by atoms with E-state index in [9.17, 15) is 14.0 Å². The van der Waals surface area contributed by atoms with E-state index in [-0.39, 0.29) is 23.1 Å². The summed E-state index contributed by atoms with van der Waals surface area (Å²) in [6.45, 7) is 2.11. The predicted molar refractivity (Wildman–Crippen MR) is 94.8 cm³/mol. The van der Waals surface area contributed by atoms with Gasteiger partial charge in [-0.15, -0.1) is 0 Å². The normalized spacial score (nSPS) is 22.5. The summed E-state index contributed by atoms with van der Waals surface area (Å²) in [5.74, 6) is -0.779. The number of morpholine rings is 1. The Morgan fingerprint density at radius 2 is 1.62 bits per heavy atom. The summed E-state index contributed by atoms with van der Waals surface area (Å²) in [4.78, 5) is 32.6. The van der Waals surface area contributed by atoms with Gasteiger partial charge >= 0.3 is 0 Å². The summed E-state index contributed by atoms with van der Waals surface area (Å²) < 4.78 is 18.5. The van der Waals surface area contributed by atoms with Gasteiger partial charge in [-0.1, -0.05) is 24.3 Å². The lowest BCUT2D eigenvalue weighted by Gasteiger charge is -2.36. The Hall–Kier alpha value is -2.70. The van der Waals surface area contributed by atoms with Crippen LogP contribution in [-0.2, 0) is 4.74 Å². The van der Waals surface area contributed by atoms with Gasteiger partial charge in [0.2, 0.25) is 5.78 Å². The lowest BCUT2D eigenvalue weighted by atomic mass is 9.83. The Labute approximate surface area is 150 Å². The lowest BCUT2D eigenvalue weighted by molar-refractivity contribution is 0.0278. The minimum Gasteiger partial charge on any atom is -0.379 e. The Morgan fingerprint density at radius 1 is 0.962 bits per heavy atom. The molecule has 1 aliphatic carbocycles. The summed E-state index contributed by atoms with van der Waals surface area (Å²) in [6, 6.07) is 11.6. The number of carbonyl (C=O) groups is 2. The molecule has 2 aromatic carbocycles. The second-order valence-electron chi connectivity index (χ2n) is 6.26. The lowest BCUT2D eigenvalue weighted by Crippen LogP contribution is -2.55. The third-order valence-electron chi connectivity index (χ3n) is 4.66. The first kappa shape index (κ1) is 16.8. The summed E-state index contributed by atoms with van der Waals surface area (Å²) in [6.07, 6.45) is 0. The number of halogens is 1. The van der Waals surface area contributed by atoms with Crippen LogP contribution in [0.4, 0.5) is 10.1 Å². The van der Waals surface area contributed by atoms with Gasteiger partial charge < -0.3 is 4.74 Å². The van der Waals surface area contributed by atoms with Gasteiger partial charge in [0.1, 0.15) is 17.6 Å². The van der Waals surface area contributed by atoms with Crippen LogP contribution in [0.5, 0.6) is 0 Å². The van der Waals surface area contributed by atoms with Gasteiger partial charge in [0.15, 0.2) is 5.78 Å². The molecule has 26 heavy (non-hydrogen) atoms. The number of rotatable bonds is 2. The molecule has 1 saturated heterocycles. The van der Waals surface area contributed by atoms with Crippen molar-refractivity contribution >= 4 is 23.0 Å². The molecule has 1 aliphatic heterocycles. The molecule has 6 heteroatoms. The molecule has 132 valence electrons. The molecular weight excluding hydrogens is 335 g/mol. The van der Waals surface area contributed by atoms with E-state index in [4.69, 9.17) is 4.74 Å². The second-order valence-corrected chi connectivity index (χ2v) is 6.26. The molecule has 2 aliphatic rings. The highest BCUT2D eigenvalue weighted by Crippen LogP contribution is 2.26. The van der Waals surface area contributed by atoms with E-state index in [1.54, 1.807) is 24.3 Å². The van der Waals surface area contributed by atoms with Crippen LogP contribution >= 0.6 is 0 Å². The first-order valence-corrected chi connectivity index (χ1v) is 8.49. The minimum atomic E-state index is -0.744. The van der Waals surface area contributed by atoms with Gasteiger partial charge in [0.05, 0.1) is 18.9 Å². The topological polar surface area (TPSA) is 59.0 Å². The molecule has 1 atom stereocenters. The molecule has 1 unspecified atom stereocenters. The Morgan fingerprint density at radius 3 is 2.31 bits per heavy atom. The number of carbonyl (C=O) groups excluding carboxylic acids is 2. The van der Waals surface area contributed by atoms with Crippen molar-refractivity contribution in [1.29, 1.82) is 0 Å². The highest BCUT2D eigenvalue weighted by Gasteiger charge is 2.42. The summed E-state index contributed by atoms with van der Waals surface area (Å²) in [7, 11) is 0. The molecule has 0 spiro atoms. The minimum absolute atomic E-state index is 0.136. The zero-order chi connectivity index (χ0) is 18.1. The van der Waals surface area contributed by atoms with Gasteiger partial charge in [-0.25, -0.2) is 9.38 Å². The average molecular weight is 352 g/mol. The van der Waals surface area contributed by atoms with Crippen molar-refractivity contribution in [2.75, 3.05) is 26.3 Å². The fourth-order valence-corrected chi connectivity index (χ4v) is 3.37. The monoisotopic (exact) mass is 352 g/mol. The highest BCUT2D eigenvalue weighted by molar-refractivity contribution is 6.55. The molecule has 1 heterocycles. The maximum Gasteiger partial charge on any atom is 0.210 e. The second kappa shape index (κ2) is 6.90. The number of ketones is 2. The van der Waals surface area contributed by atoms with Crippen LogP contribution in [0.25, 0.3) is 0 Å². The summed E-state index contributed by atoms with van der Waals surface area (Å²) in [5, 5.41) is 0. The van der Waals surface area contributed by atoms with E-state index in [0.29, 0.717) is 43.1 Å². The van der Waals surface area contributed by atoms with Crippen LogP contribution in [0.15, 0.2) is 53.5 Å². The van der Waals surface area contributed by atoms with Crippen LogP contribution < -0.4 is 0 Å². The molecule has 0 radical (unpaired) electrons. The molecule has 2 aromatic rings. The van der Waals surface area contributed by atoms with Gasteiger partial charge in [0, 0.05) is 24.2 Å². The summed E-state index contributed by atoms with van der Waals surface area (Å²) in [5.41, 5.74) is 1.41. The van der Waals surface area contributed by atoms with Crippen molar-refractivity contribution in [3.05, 3.63) is 65.5 Å². The number of nitrogens with zero attached hydrogens (tertiary/aromatic N) is 2. The van der Waals surface area contributed by atoms with E-state index < -0.39 is 6.04 Å². The van der Waals surface area contributed by atoms with Crippen molar-refractivity contribution in [1.82, 2.24) is 4.90 Å². The van der Waals surface area contributed by atoms with Crippen molar-refractivity contribution in [2.45, 2.75) is 6.04 Å². The van der Waals surface area contributed by atoms with Crippen LogP contribution in [0.1, 0.15) is 20.7 Å². The van der Waals surface area contributed by atoms with Crippen LogP contribution in [-0.4, -0.2) is 54.5 Å². The number of aliphatic imine (C=N–C) groups is 1. The van der Waals surface area contributed by atoms with E-state index in [2.05, 4.69) is 4.99 Å². The zero-order valence-corrected chi connectivity index (χ0v) is 14.0. The Bertz CT molecular complexity index is 886. The number of hydrogen-bond donors (Lipinski definition) is 0. The maximum atomic E-state index is 13.2. The average Bonchev–Trinajstić information content (AvgIpc) is 2.68. The van der Waals surface area contributed by atoms with Crippen molar-refractivity contribution < 1.29 is 18.7 Å². The fraction of sp³-hybridized carbons (Fsp3) is 0.250. The molecule has 5 nitrogen and oxygen atoms in total. The molecule has 1 fully saturated rings. The maximum absolute atomic E-state index is 13.2. The van der Waals surface area contributed by atoms with E-state index in [0.717, 1.165) is 0 Å². The molecule has 4 rings (SSSR count). The van der Waals surface area contributed by atoms with Gasteiger partial charge in [-0.05, 0) is 24.3 Å². The largest absolute Gasteiger partial charge is 0.379 e. The SMILES string of the molecule is O=C1C(=Nc2ccc(F)cc2)C(N2CCOCC2)C(=O)c2ccccc21. The Kier molecular flexibility index (Phi) is 4.44. The standard InChI is InChI=1S/C20H17FN2O3/c21-13-5-7-14(8-6-13)22-17-18(23-9-11-26-12-10-23)20(25)16-4-2-1-3-15(16)19(17)24/h1-8,18H,9-12H2. The fourth-order valence-electron chi connectivity index (χ4n) is 3.37. The third kappa shape index (κ3) is 2.98. The number of hydrogen-bond acceptors (Lipinski definition) is 5. The van der Waals surface area contributed by atoms with Crippen molar-refractivity contribution in [2.24, 2.45) is 4.99 Å². The zero-order valence-electron chi connectivity index (χ0n) is 14.0. The van der Waals surface area contributed by atoms with Crippen LogP contribution in [0, 0.1) is 5.82 Å². The number of fused-ring (bicyclic) bond motifs is 1. The first-order chi connectivity index (χ1) is 12.6. The summed E-state index contributed by atoms with van der Waals surface area (Å²) >= 11 is 0. The molecule has 0 N–H and O–H groups in total. The third-order valence-corrected chi connectivity index (χ3v) is 4.66. The highest BCUT2D eigenvalue weighted by atomic mass is 19.1. The number of ether oxygens (including phenoxy) is 1. The van der Waals surface area contributed by atoms with Gasteiger partial charge in [-0.3, -0.25) is 14.5 Å². The predicted octanol–water partition coefficient (Wildman–Crippen LogP) is 2.68.